The molecular weight excluding hydrogens is 246 g/mol. The standard InChI is InChI=1S/C13H23N3O3/c1-18-12(19-2)10-15-13(17)11-4-8-16(9-5-11)7-3-6-14/h11-12H,3-5,7-10H2,1-2H3,(H,15,17). The van der Waals surface area contributed by atoms with Crippen molar-refractivity contribution in [3.05, 3.63) is 0 Å². The van der Waals surface area contributed by atoms with Crippen molar-refractivity contribution in [2.45, 2.75) is 25.6 Å². The number of likely N-dealkylation sites (tertiary alicyclic amines) is 1. The molecule has 6 heteroatoms. The fraction of sp³-hybridized carbons (Fsp3) is 0.846. The molecule has 1 aliphatic heterocycles. The van der Waals surface area contributed by atoms with Crippen molar-refractivity contribution >= 4 is 5.91 Å². The van der Waals surface area contributed by atoms with Gasteiger partial charge in [-0.1, -0.05) is 0 Å². The van der Waals surface area contributed by atoms with Gasteiger partial charge in [0.25, 0.3) is 0 Å². The molecule has 19 heavy (non-hydrogen) atoms. The molecule has 0 aromatic carbocycles. The molecule has 0 atom stereocenters. The van der Waals surface area contributed by atoms with Crippen LogP contribution in [0.15, 0.2) is 0 Å². The molecule has 0 saturated carbocycles. The van der Waals surface area contributed by atoms with E-state index in [4.69, 9.17) is 14.7 Å². The molecule has 1 heterocycles. The monoisotopic (exact) mass is 269 g/mol. The number of rotatable bonds is 7. The van der Waals surface area contributed by atoms with Gasteiger partial charge in [0.1, 0.15) is 0 Å². The third-order valence-electron chi connectivity index (χ3n) is 3.47. The maximum absolute atomic E-state index is 12.0. The first kappa shape index (κ1) is 15.9. The van der Waals surface area contributed by atoms with Gasteiger partial charge in [-0.3, -0.25) is 4.79 Å². The predicted octanol–water partition coefficient (Wildman–Crippen LogP) is 0.347. The summed E-state index contributed by atoms with van der Waals surface area (Å²) in [4.78, 5) is 14.2. The van der Waals surface area contributed by atoms with Crippen LogP contribution in [0.5, 0.6) is 0 Å². The van der Waals surface area contributed by atoms with Crippen LogP contribution >= 0.6 is 0 Å². The van der Waals surface area contributed by atoms with E-state index in [-0.39, 0.29) is 18.1 Å². The van der Waals surface area contributed by atoms with Crippen molar-refractivity contribution in [3.63, 3.8) is 0 Å². The lowest BCUT2D eigenvalue weighted by molar-refractivity contribution is -0.132. The van der Waals surface area contributed by atoms with Crippen LogP contribution in [0.25, 0.3) is 0 Å². The summed E-state index contributed by atoms with van der Waals surface area (Å²) < 4.78 is 10.0. The molecule has 1 saturated heterocycles. The molecule has 0 radical (unpaired) electrons. The highest BCUT2D eigenvalue weighted by Gasteiger charge is 2.24. The molecule has 108 valence electrons. The number of hydrogen-bond acceptors (Lipinski definition) is 5. The molecule has 0 aliphatic carbocycles. The summed E-state index contributed by atoms with van der Waals surface area (Å²) in [7, 11) is 3.10. The molecular formula is C13H23N3O3. The molecule has 1 aliphatic rings. The first-order valence-electron chi connectivity index (χ1n) is 6.63. The lowest BCUT2D eigenvalue weighted by Gasteiger charge is -2.30. The SMILES string of the molecule is COC(CNC(=O)C1CCN(CCC#N)CC1)OC. The number of nitrogens with one attached hydrogen (secondary N) is 1. The highest BCUT2D eigenvalue weighted by atomic mass is 16.7. The molecule has 1 amide bonds. The number of carbonyl (C=O) groups excluding carboxylic acids is 1. The molecule has 1 N–H and O–H groups in total. The Bertz CT molecular complexity index is 305. The lowest BCUT2D eigenvalue weighted by Crippen LogP contribution is -2.43. The van der Waals surface area contributed by atoms with E-state index < -0.39 is 0 Å². The van der Waals surface area contributed by atoms with Crippen molar-refractivity contribution in [3.8, 4) is 6.07 Å². The Balaban J connectivity index is 2.23. The molecule has 0 bridgehead atoms. The van der Waals surface area contributed by atoms with E-state index in [1.165, 1.54) is 0 Å². The highest BCUT2D eigenvalue weighted by Crippen LogP contribution is 2.17. The maximum atomic E-state index is 12.0. The largest absolute Gasteiger partial charge is 0.354 e. The van der Waals surface area contributed by atoms with Gasteiger partial charge in [0, 0.05) is 33.1 Å². The van der Waals surface area contributed by atoms with Gasteiger partial charge in [0.05, 0.1) is 12.6 Å². The Labute approximate surface area is 114 Å². The molecule has 0 aromatic heterocycles. The van der Waals surface area contributed by atoms with Crippen molar-refractivity contribution in [1.29, 1.82) is 5.26 Å². The summed E-state index contributed by atoms with van der Waals surface area (Å²) >= 11 is 0. The second-order valence-corrected chi connectivity index (χ2v) is 4.67. The van der Waals surface area contributed by atoms with Gasteiger partial charge in [0.15, 0.2) is 6.29 Å². The Morgan fingerprint density at radius 2 is 2.05 bits per heavy atom. The van der Waals surface area contributed by atoms with Crippen LogP contribution in [0.1, 0.15) is 19.3 Å². The second-order valence-electron chi connectivity index (χ2n) is 4.67. The molecule has 0 unspecified atom stereocenters. The average molecular weight is 269 g/mol. The minimum absolute atomic E-state index is 0.0627. The predicted molar refractivity (Wildman–Crippen MR) is 70.2 cm³/mol. The Morgan fingerprint density at radius 1 is 1.42 bits per heavy atom. The van der Waals surface area contributed by atoms with Crippen molar-refractivity contribution in [2.24, 2.45) is 5.92 Å². The number of carbonyl (C=O) groups is 1. The van der Waals surface area contributed by atoms with Gasteiger partial charge in [-0.2, -0.15) is 5.26 Å². The minimum Gasteiger partial charge on any atom is -0.354 e. The van der Waals surface area contributed by atoms with Crippen LogP contribution in [0.3, 0.4) is 0 Å². The summed E-state index contributed by atoms with van der Waals surface area (Å²) in [5, 5.41) is 11.4. The van der Waals surface area contributed by atoms with Crippen LogP contribution in [0.2, 0.25) is 0 Å². The van der Waals surface area contributed by atoms with E-state index >= 15 is 0 Å². The van der Waals surface area contributed by atoms with Gasteiger partial charge in [-0.05, 0) is 25.9 Å². The fourth-order valence-electron chi connectivity index (χ4n) is 2.22. The zero-order valence-corrected chi connectivity index (χ0v) is 11.7. The molecule has 6 nitrogen and oxygen atoms in total. The van der Waals surface area contributed by atoms with Gasteiger partial charge >= 0.3 is 0 Å². The Morgan fingerprint density at radius 3 is 2.58 bits per heavy atom. The first-order valence-corrected chi connectivity index (χ1v) is 6.63. The zero-order valence-electron chi connectivity index (χ0n) is 11.7. The number of methoxy groups -OCH3 is 2. The van der Waals surface area contributed by atoms with Crippen LogP contribution < -0.4 is 5.32 Å². The van der Waals surface area contributed by atoms with E-state index in [1.54, 1.807) is 14.2 Å². The van der Waals surface area contributed by atoms with E-state index in [9.17, 15) is 4.79 Å². The van der Waals surface area contributed by atoms with Gasteiger partial charge in [-0.25, -0.2) is 0 Å². The highest BCUT2D eigenvalue weighted by molar-refractivity contribution is 5.78. The van der Waals surface area contributed by atoms with Crippen molar-refractivity contribution in [1.82, 2.24) is 10.2 Å². The zero-order chi connectivity index (χ0) is 14.1. The number of nitrogens with zero attached hydrogens (tertiary/aromatic N) is 2. The normalized spacial score (nSPS) is 17.4. The number of amides is 1. The van der Waals surface area contributed by atoms with Gasteiger partial charge in [0.2, 0.25) is 5.91 Å². The minimum atomic E-state index is -0.389. The van der Waals surface area contributed by atoms with Crippen LogP contribution in [-0.2, 0) is 14.3 Å². The van der Waals surface area contributed by atoms with Crippen LogP contribution in [0, 0.1) is 17.2 Å². The Hall–Kier alpha value is -1.16. The lowest BCUT2D eigenvalue weighted by atomic mass is 9.96. The maximum Gasteiger partial charge on any atom is 0.223 e. The summed E-state index contributed by atoms with van der Waals surface area (Å²) in [5.41, 5.74) is 0. The second kappa shape index (κ2) is 8.86. The van der Waals surface area contributed by atoms with Crippen LogP contribution in [-0.4, -0.2) is 57.5 Å². The van der Waals surface area contributed by atoms with E-state index in [2.05, 4.69) is 16.3 Å². The van der Waals surface area contributed by atoms with E-state index in [0.717, 1.165) is 32.5 Å². The smallest absolute Gasteiger partial charge is 0.223 e. The van der Waals surface area contributed by atoms with Gasteiger partial charge < -0.3 is 19.7 Å². The number of hydrogen-bond donors (Lipinski definition) is 1. The van der Waals surface area contributed by atoms with E-state index in [0.29, 0.717) is 13.0 Å². The number of piperidine rings is 1. The quantitative estimate of drug-likeness (QED) is 0.675. The number of nitriles is 1. The summed E-state index contributed by atoms with van der Waals surface area (Å²) in [6, 6.07) is 2.15. The van der Waals surface area contributed by atoms with E-state index in [1.807, 2.05) is 0 Å². The molecule has 1 fully saturated rings. The van der Waals surface area contributed by atoms with Crippen molar-refractivity contribution in [2.75, 3.05) is 40.4 Å². The molecule has 1 rings (SSSR count). The third kappa shape index (κ3) is 5.55. The average Bonchev–Trinajstić information content (AvgIpc) is 2.46. The number of ether oxygens (including phenoxy) is 2. The first-order chi connectivity index (χ1) is 9.21. The fourth-order valence-corrected chi connectivity index (χ4v) is 2.22. The third-order valence-corrected chi connectivity index (χ3v) is 3.47. The van der Waals surface area contributed by atoms with Crippen molar-refractivity contribution < 1.29 is 14.3 Å². The topological polar surface area (TPSA) is 74.6 Å². The summed E-state index contributed by atoms with van der Waals surface area (Å²) in [6.45, 7) is 2.95. The Kier molecular flexibility index (Phi) is 7.41. The summed E-state index contributed by atoms with van der Waals surface area (Å²) in [5.74, 6) is 0.131. The van der Waals surface area contributed by atoms with Crippen LogP contribution in [0.4, 0.5) is 0 Å². The molecule has 0 aromatic rings. The van der Waals surface area contributed by atoms with Gasteiger partial charge in [-0.15, -0.1) is 0 Å². The molecule has 0 spiro atoms. The summed E-state index contributed by atoms with van der Waals surface area (Å²) in [6.07, 6.45) is 1.86.